The number of thiophene rings is 1. The number of nitrogens with zero attached hydrogens (tertiary/aromatic N) is 1. The second kappa shape index (κ2) is 9.60. The van der Waals surface area contributed by atoms with E-state index in [1.807, 2.05) is 73.0 Å². The van der Waals surface area contributed by atoms with Crippen LogP contribution < -0.4 is 10.6 Å². The molecular weight excluding hydrogens is 454 g/mol. The minimum atomic E-state index is -0.376. The molecule has 0 aliphatic rings. The predicted molar refractivity (Wildman–Crippen MR) is 145 cm³/mol. The van der Waals surface area contributed by atoms with E-state index in [1.165, 1.54) is 11.3 Å². The molecule has 2 N–H and O–H groups in total. The van der Waals surface area contributed by atoms with Gasteiger partial charge in [0.25, 0.3) is 11.8 Å². The Morgan fingerprint density at radius 2 is 1.69 bits per heavy atom. The van der Waals surface area contributed by atoms with Crippen LogP contribution in [0.1, 0.15) is 27.7 Å². The van der Waals surface area contributed by atoms with Crippen molar-refractivity contribution in [3.63, 3.8) is 0 Å². The van der Waals surface area contributed by atoms with E-state index in [4.69, 9.17) is 0 Å². The van der Waals surface area contributed by atoms with Gasteiger partial charge in [-0.05, 0) is 67.3 Å². The van der Waals surface area contributed by atoms with E-state index in [-0.39, 0.29) is 17.5 Å². The van der Waals surface area contributed by atoms with Gasteiger partial charge >= 0.3 is 0 Å². The Morgan fingerprint density at radius 1 is 0.914 bits per heavy atom. The first kappa shape index (κ1) is 22.6. The molecule has 6 heteroatoms. The van der Waals surface area contributed by atoms with E-state index >= 15 is 0 Å². The third-order valence-electron chi connectivity index (χ3n) is 6.06. The van der Waals surface area contributed by atoms with Crippen LogP contribution in [0.25, 0.3) is 27.9 Å². The first-order valence-corrected chi connectivity index (χ1v) is 12.4. The number of aromatic nitrogens is 1. The highest BCUT2D eigenvalue weighted by molar-refractivity contribution is 7.10. The Labute approximate surface area is 207 Å². The molecule has 0 spiro atoms. The Morgan fingerprint density at radius 3 is 2.46 bits per heavy atom. The topological polar surface area (TPSA) is 63.1 Å². The molecule has 0 atom stereocenters. The van der Waals surface area contributed by atoms with Crippen LogP contribution >= 0.6 is 11.3 Å². The number of carbonyl (C=O) groups excluding carboxylic acids is 2. The molecule has 5 nitrogen and oxygen atoms in total. The van der Waals surface area contributed by atoms with Crippen molar-refractivity contribution in [3.8, 4) is 0 Å². The Hall–Kier alpha value is -4.16. The van der Waals surface area contributed by atoms with Gasteiger partial charge in [0.15, 0.2) is 0 Å². The number of para-hydroxylation sites is 1. The number of hydrogen-bond acceptors (Lipinski definition) is 3. The highest BCUT2D eigenvalue weighted by Crippen LogP contribution is 2.31. The summed E-state index contributed by atoms with van der Waals surface area (Å²) in [5.74, 6) is -0.693. The minimum absolute atomic E-state index is 0.191. The monoisotopic (exact) mass is 479 g/mol. The van der Waals surface area contributed by atoms with Crippen LogP contribution in [0, 0.1) is 6.92 Å². The molecule has 0 aliphatic heterocycles. The Bertz CT molecular complexity index is 1580. The molecule has 0 fully saturated rings. The van der Waals surface area contributed by atoms with Gasteiger partial charge in [0.1, 0.15) is 5.70 Å². The Kier molecular flexibility index (Phi) is 6.21. The summed E-state index contributed by atoms with van der Waals surface area (Å²) in [7, 11) is 0. The van der Waals surface area contributed by atoms with E-state index in [9.17, 15) is 9.59 Å². The van der Waals surface area contributed by atoms with Crippen molar-refractivity contribution >= 4 is 56.7 Å². The number of hydrogen-bond donors (Lipinski definition) is 2. The summed E-state index contributed by atoms with van der Waals surface area (Å²) in [6.45, 7) is 4.86. The maximum Gasteiger partial charge on any atom is 0.272 e. The van der Waals surface area contributed by atoms with Crippen LogP contribution in [0.5, 0.6) is 0 Å². The third-order valence-corrected chi connectivity index (χ3v) is 6.88. The molecule has 3 aromatic carbocycles. The fraction of sp³-hybridized carbons (Fsp3) is 0.103. The number of carbonyl (C=O) groups is 2. The summed E-state index contributed by atoms with van der Waals surface area (Å²) in [6, 6.07) is 25.3. The van der Waals surface area contributed by atoms with Gasteiger partial charge in [-0.15, -0.1) is 11.3 Å². The van der Waals surface area contributed by atoms with Crippen molar-refractivity contribution in [2.45, 2.75) is 20.4 Å². The van der Waals surface area contributed by atoms with E-state index in [0.29, 0.717) is 11.3 Å². The molecule has 174 valence electrons. The van der Waals surface area contributed by atoms with E-state index in [2.05, 4.69) is 34.3 Å². The van der Waals surface area contributed by atoms with Crippen LogP contribution in [0.15, 0.2) is 89.9 Å². The van der Waals surface area contributed by atoms with Crippen LogP contribution in [-0.4, -0.2) is 16.4 Å². The molecule has 0 saturated heterocycles. The summed E-state index contributed by atoms with van der Waals surface area (Å²) in [5, 5.41) is 9.96. The van der Waals surface area contributed by atoms with Crippen molar-refractivity contribution in [2.24, 2.45) is 0 Å². The molecule has 5 aromatic rings. The molecule has 0 aliphatic carbocycles. The highest BCUT2D eigenvalue weighted by atomic mass is 32.1. The highest BCUT2D eigenvalue weighted by Gasteiger charge is 2.17. The first-order valence-electron chi connectivity index (χ1n) is 11.5. The molecule has 5 rings (SSSR count). The summed E-state index contributed by atoms with van der Waals surface area (Å²) < 4.78 is 2.26. The predicted octanol–water partition coefficient (Wildman–Crippen LogP) is 6.59. The van der Waals surface area contributed by atoms with Crippen LogP contribution in [0.2, 0.25) is 0 Å². The number of aryl methyl sites for hydroxylation is 2. The number of fused-ring (bicyclic) bond motifs is 3. The molecule has 2 aromatic heterocycles. The van der Waals surface area contributed by atoms with Gasteiger partial charge in [-0.25, -0.2) is 0 Å². The molecule has 2 amide bonds. The lowest BCUT2D eigenvalue weighted by molar-refractivity contribution is -0.113. The molecule has 0 unspecified atom stereocenters. The number of benzene rings is 3. The summed E-state index contributed by atoms with van der Waals surface area (Å²) >= 11 is 1.50. The first-order chi connectivity index (χ1) is 17.0. The zero-order valence-electron chi connectivity index (χ0n) is 19.5. The largest absolute Gasteiger partial charge is 0.341 e. The van der Waals surface area contributed by atoms with Crippen molar-refractivity contribution in [1.29, 1.82) is 0 Å². The fourth-order valence-corrected chi connectivity index (χ4v) is 5.02. The van der Waals surface area contributed by atoms with Gasteiger partial charge in [-0.1, -0.05) is 42.5 Å². The zero-order chi connectivity index (χ0) is 24.4. The van der Waals surface area contributed by atoms with Crippen LogP contribution in [-0.2, 0) is 11.3 Å². The maximum atomic E-state index is 13.4. The number of rotatable bonds is 6. The standard InChI is InChI=1S/C29H25N3O2S/c1-3-32-26-13-7-6-12-23(26)24-17-20(14-15-27(24)32)30-29(34)25(18-21-10-8-16-35-21)31-28(33)22-11-5-4-9-19(22)2/h4-18H,3H2,1-2H3,(H,30,34)(H,31,33)/b25-18-. The molecular formula is C29H25N3O2S. The van der Waals surface area contributed by atoms with Gasteiger partial charge in [-0.2, -0.15) is 0 Å². The van der Waals surface area contributed by atoms with Gasteiger partial charge in [-0.3, -0.25) is 9.59 Å². The maximum absolute atomic E-state index is 13.4. The average Bonchev–Trinajstić information content (AvgIpc) is 3.49. The summed E-state index contributed by atoms with van der Waals surface area (Å²) in [6.07, 6.45) is 1.71. The quantitative estimate of drug-likeness (QED) is 0.270. The third kappa shape index (κ3) is 4.48. The van der Waals surface area contributed by atoms with Gasteiger partial charge < -0.3 is 15.2 Å². The van der Waals surface area contributed by atoms with E-state index in [0.717, 1.165) is 38.8 Å². The lowest BCUT2D eigenvalue weighted by atomic mass is 10.1. The number of nitrogens with one attached hydrogen (secondary N) is 2. The SMILES string of the molecule is CCn1c2ccccc2c2cc(NC(=O)/C(=C/c3cccs3)NC(=O)c3ccccc3C)ccc21. The zero-order valence-corrected chi connectivity index (χ0v) is 20.4. The minimum Gasteiger partial charge on any atom is -0.341 e. The van der Waals surface area contributed by atoms with Gasteiger partial charge in [0.2, 0.25) is 0 Å². The second-order valence-corrected chi connectivity index (χ2v) is 9.27. The molecule has 2 heterocycles. The van der Waals surface area contributed by atoms with Crippen molar-refractivity contribution in [2.75, 3.05) is 5.32 Å². The summed E-state index contributed by atoms with van der Waals surface area (Å²) in [4.78, 5) is 27.2. The lowest BCUT2D eigenvalue weighted by Crippen LogP contribution is -2.31. The molecule has 0 saturated carbocycles. The van der Waals surface area contributed by atoms with Crippen molar-refractivity contribution in [3.05, 3.63) is 106 Å². The van der Waals surface area contributed by atoms with E-state index < -0.39 is 0 Å². The number of amides is 2. The smallest absolute Gasteiger partial charge is 0.272 e. The lowest BCUT2D eigenvalue weighted by Gasteiger charge is -2.12. The Balaban J connectivity index is 1.48. The molecule has 0 bridgehead atoms. The van der Waals surface area contributed by atoms with Crippen LogP contribution in [0.4, 0.5) is 5.69 Å². The van der Waals surface area contributed by atoms with Crippen molar-refractivity contribution in [1.82, 2.24) is 9.88 Å². The van der Waals surface area contributed by atoms with Crippen LogP contribution in [0.3, 0.4) is 0 Å². The average molecular weight is 480 g/mol. The van der Waals surface area contributed by atoms with Crippen molar-refractivity contribution < 1.29 is 9.59 Å². The molecule has 0 radical (unpaired) electrons. The molecule has 35 heavy (non-hydrogen) atoms. The summed E-state index contributed by atoms with van der Waals surface area (Å²) in [5.41, 5.74) is 4.52. The van der Waals surface area contributed by atoms with E-state index in [1.54, 1.807) is 12.1 Å². The fourth-order valence-electron chi connectivity index (χ4n) is 4.36. The van der Waals surface area contributed by atoms with Gasteiger partial charge in [0.05, 0.1) is 0 Å². The number of anilines is 1. The van der Waals surface area contributed by atoms with Gasteiger partial charge in [0, 0.05) is 44.5 Å². The second-order valence-electron chi connectivity index (χ2n) is 8.29. The normalized spacial score (nSPS) is 11.7.